The molecule has 0 spiro atoms. The summed E-state index contributed by atoms with van der Waals surface area (Å²) >= 11 is 15.3. The Bertz CT molecular complexity index is 1940. The molecular formula is C30H14S8. The first-order chi connectivity index (χ1) is 18.7. The minimum Gasteiger partial charge on any atom is -0.134 e. The Kier molecular flexibility index (Phi) is 5.44. The van der Waals surface area contributed by atoms with Gasteiger partial charge in [-0.3, -0.25) is 0 Å². The van der Waals surface area contributed by atoms with Crippen LogP contribution in [0.5, 0.6) is 0 Å². The first kappa shape index (κ1) is 23.1. The molecule has 0 nitrogen and oxygen atoms in total. The summed E-state index contributed by atoms with van der Waals surface area (Å²) in [5, 5.41) is 2.82. The monoisotopic (exact) mass is 630 g/mol. The van der Waals surface area contributed by atoms with E-state index in [1.165, 1.54) is 76.8 Å². The molecule has 8 heteroatoms. The van der Waals surface area contributed by atoms with Crippen LogP contribution in [0.4, 0.5) is 0 Å². The Morgan fingerprint density at radius 1 is 0.421 bits per heavy atom. The van der Waals surface area contributed by atoms with E-state index in [2.05, 4.69) is 84.9 Å². The van der Waals surface area contributed by atoms with Crippen LogP contribution < -0.4 is 0 Å². The maximum Gasteiger partial charge on any atom is 0.0536 e. The van der Waals surface area contributed by atoms with Crippen LogP contribution in [0.25, 0.3) is 51.1 Å². The summed E-state index contributed by atoms with van der Waals surface area (Å²) in [7, 11) is 0. The third kappa shape index (κ3) is 3.80. The van der Waals surface area contributed by atoms with E-state index in [1.54, 1.807) is 0 Å². The topological polar surface area (TPSA) is 0 Å². The van der Waals surface area contributed by atoms with Crippen LogP contribution in [0.3, 0.4) is 0 Å². The van der Waals surface area contributed by atoms with Gasteiger partial charge in [-0.05, 0) is 60.7 Å². The fourth-order valence-electron chi connectivity index (χ4n) is 4.84. The van der Waals surface area contributed by atoms with Gasteiger partial charge >= 0.3 is 0 Å². The molecule has 2 aliphatic rings. The normalized spacial score (nSPS) is 14.8. The Morgan fingerprint density at radius 2 is 0.816 bits per heavy atom. The van der Waals surface area contributed by atoms with Crippen molar-refractivity contribution >= 4 is 144 Å². The van der Waals surface area contributed by atoms with Crippen LogP contribution in [-0.4, -0.2) is 0 Å². The van der Waals surface area contributed by atoms with E-state index in [9.17, 15) is 0 Å². The molecule has 0 N–H and O–H groups in total. The van der Waals surface area contributed by atoms with Gasteiger partial charge in [-0.1, -0.05) is 71.3 Å². The minimum absolute atomic E-state index is 1.35. The molecule has 0 saturated heterocycles. The zero-order valence-electron chi connectivity index (χ0n) is 19.3. The van der Waals surface area contributed by atoms with Crippen molar-refractivity contribution in [2.45, 2.75) is 19.6 Å². The van der Waals surface area contributed by atoms with E-state index in [4.69, 9.17) is 0 Å². The highest BCUT2D eigenvalue weighted by molar-refractivity contribution is 8.25. The lowest BCUT2D eigenvalue weighted by Crippen LogP contribution is -1.65. The van der Waals surface area contributed by atoms with Gasteiger partial charge in [0.1, 0.15) is 0 Å². The second-order valence-corrected chi connectivity index (χ2v) is 18.1. The molecule has 0 aliphatic carbocycles. The highest BCUT2D eigenvalue weighted by Crippen LogP contribution is 2.54. The molecule has 0 amide bonds. The molecule has 0 bridgehead atoms. The SMILES string of the molecule is C(=C1Sc2ccccc2S1)c1cc2sc3cc4c(cc3c2s1)sc1cc(C=C2Sc3ccccc3S2)sc14. The summed E-state index contributed by atoms with van der Waals surface area (Å²) in [6.45, 7) is 0. The number of hydrogen-bond acceptors (Lipinski definition) is 8. The maximum atomic E-state index is 2.45. The molecule has 0 fully saturated rings. The van der Waals surface area contributed by atoms with Crippen LogP contribution >= 0.6 is 92.4 Å². The molecule has 4 aromatic heterocycles. The highest BCUT2D eigenvalue weighted by atomic mass is 32.2. The van der Waals surface area contributed by atoms with Crippen LogP contribution in [0.15, 0.2) is 101 Å². The predicted molar refractivity (Wildman–Crippen MR) is 180 cm³/mol. The summed E-state index contributed by atoms with van der Waals surface area (Å²) in [6, 6.07) is 27.0. The van der Waals surface area contributed by atoms with Crippen LogP contribution in [0, 0.1) is 0 Å². The average molecular weight is 631 g/mol. The minimum atomic E-state index is 1.35. The maximum absolute atomic E-state index is 2.45. The Labute approximate surface area is 251 Å². The van der Waals surface area contributed by atoms with E-state index >= 15 is 0 Å². The van der Waals surface area contributed by atoms with Crippen LogP contribution in [-0.2, 0) is 0 Å². The van der Waals surface area contributed by atoms with Gasteiger partial charge in [-0.2, -0.15) is 0 Å². The third-order valence-electron chi connectivity index (χ3n) is 6.51. The molecule has 0 radical (unpaired) electrons. The molecule has 182 valence electrons. The molecule has 6 heterocycles. The Hall–Kier alpha value is -1.62. The van der Waals surface area contributed by atoms with Gasteiger partial charge in [0.25, 0.3) is 0 Å². The summed E-state index contributed by atoms with van der Waals surface area (Å²) in [4.78, 5) is 8.20. The van der Waals surface area contributed by atoms with Crippen LogP contribution in [0.1, 0.15) is 9.75 Å². The van der Waals surface area contributed by atoms with Crippen molar-refractivity contribution < 1.29 is 0 Å². The van der Waals surface area contributed by atoms with Crippen molar-refractivity contribution in [3.05, 3.63) is 91.0 Å². The number of benzene rings is 3. The van der Waals surface area contributed by atoms with Crippen molar-refractivity contribution in [2.24, 2.45) is 0 Å². The highest BCUT2D eigenvalue weighted by Gasteiger charge is 2.20. The van der Waals surface area contributed by atoms with Gasteiger partial charge in [0.15, 0.2) is 0 Å². The molecule has 38 heavy (non-hydrogen) atoms. The summed E-state index contributed by atoms with van der Waals surface area (Å²) < 4.78 is 11.2. The van der Waals surface area contributed by atoms with Gasteiger partial charge in [-0.15, -0.1) is 45.3 Å². The van der Waals surface area contributed by atoms with E-state index in [0.717, 1.165) is 0 Å². The lowest BCUT2D eigenvalue weighted by Gasteiger charge is -1.94. The van der Waals surface area contributed by atoms with E-state index in [1.807, 2.05) is 92.4 Å². The quantitative estimate of drug-likeness (QED) is 0.186. The molecule has 0 unspecified atom stereocenters. The van der Waals surface area contributed by atoms with Gasteiger partial charge < -0.3 is 0 Å². The fraction of sp³-hybridized carbons (Fsp3) is 0. The average Bonchev–Trinajstić information content (AvgIpc) is 3.73. The van der Waals surface area contributed by atoms with E-state index in [-0.39, 0.29) is 0 Å². The Morgan fingerprint density at radius 3 is 1.21 bits per heavy atom. The van der Waals surface area contributed by atoms with Crippen molar-refractivity contribution in [3.8, 4) is 0 Å². The molecule has 2 aliphatic heterocycles. The zero-order chi connectivity index (χ0) is 24.8. The number of hydrogen-bond donors (Lipinski definition) is 0. The molecule has 0 atom stereocenters. The summed E-state index contributed by atoms with van der Waals surface area (Å²) in [5.41, 5.74) is 0. The lowest BCUT2D eigenvalue weighted by atomic mass is 10.2. The number of fused-ring (bicyclic) bond motifs is 8. The second-order valence-electron chi connectivity index (χ2n) is 8.96. The van der Waals surface area contributed by atoms with Crippen molar-refractivity contribution in [3.63, 3.8) is 0 Å². The number of thioether (sulfide) groups is 4. The van der Waals surface area contributed by atoms with Crippen LogP contribution in [0.2, 0.25) is 0 Å². The van der Waals surface area contributed by atoms with Crippen molar-refractivity contribution in [2.75, 3.05) is 0 Å². The second kappa shape index (κ2) is 8.94. The first-order valence-electron chi connectivity index (χ1n) is 11.9. The molecule has 3 aromatic carbocycles. The Balaban J connectivity index is 1.07. The summed E-state index contributed by atoms with van der Waals surface area (Å²) in [5.74, 6) is 0. The largest absolute Gasteiger partial charge is 0.134 e. The van der Waals surface area contributed by atoms with E-state index in [0.29, 0.717) is 0 Å². The lowest BCUT2D eigenvalue weighted by molar-refractivity contribution is 1.27. The molecule has 7 aromatic rings. The molecular weight excluding hydrogens is 617 g/mol. The first-order valence-corrected chi connectivity index (χ1v) is 18.4. The summed E-state index contributed by atoms with van der Waals surface area (Å²) in [6.07, 6.45) is 4.74. The number of rotatable bonds is 2. The van der Waals surface area contributed by atoms with Gasteiger partial charge in [0, 0.05) is 58.9 Å². The van der Waals surface area contributed by atoms with Crippen molar-refractivity contribution in [1.82, 2.24) is 0 Å². The van der Waals surface area contributed by atoms with Crippen molar-refractivity contribution in [1.29, 1.82) is 0 Å². The zero-order valence-corrected chi connectivity index (χ0v) is 25.9. The van der Waals surface area contributed by atoms with Gasteiger partial charge in [0.2, 0.25) is 0 Å². The van der Waals surface area contributed by atoms with Gasteiger partial charge in [0.05, 0.1) is 17.9 Å². The van der Waals surface area contributed by atoms with Gasteiger partial charge in [-0.25, -0.2) is 0 Å². The third-order valence-corrected chi connectivity index (χ3v) is 16.0. The standard InChI is InChI=1S/C30H14S8/c1-2-6-20-19(5-1)35-27(36-20)11-15-9-25-29(31-15)17-13-24-18(14-23(17)33-25)30-26(34-24)10-16(32-30)12-28-37-21-7-3-4-8-22(21)38-28/h1-14H. The molecule has 9 rings (SSSR count). The van der Waals surface area contributed by atoms with E-state index < -0.39 is 0 Å². The molecule has 0 saturated carbocycles. The smallest absolute Gasteiger partial charge is 0.0536 e. The predicted octanol–water partition coefficient (Wildman–Crippen LogP) is 12.9. The number of thiophene rings is 4. The fourth-order valence-corrected chi connectivity index (χ4v) is 14.9.